The molecule has 160 valence electrons. The number of amides is 1. The lowest BCUT2D eigenvalue weighted by Gasteiger charge is -2.08. The fourth-order valence-electron chi connectivity index (χ4n) is 3.72. The number of anilines is 1. The van der Waals surface area contributed by atoms with Gasteiger partial charge in [0.25, 0.3) is 0 Å². The van der Waals surface area contributed by atoms with Crippen molar-refractivity contribution in [3.63, 3.8) is 0 Å². The summed E-state index contributed by atoms with van der Waals surface area (Å²) in [7, 11) is 0. The van der Waals surface area contributed by atoms with Crippen LogP contribution in [0.4, 0.5) is 5.69 Å². The third-order valence-electron chi connectivity index (χ3n) is 5.05. The second kappa shape index (κ2) is 8.57. The van der Waals surface area contributed by atoms with E-state index in [1.54, 1.807) is 39.3 Å². The van der Waals surface area contributed by atoms with E-state index in [1.165, 1.54) is 0 Å². The summed E-state index contributed by atoms with van der Waals surface area (Å²) in [6, 6.07) is 13.8. The Balaban J connectivity index is 1.35. The molecular weight excluding hydrogens is 444 g/mol. The molecule has 4 heterocycles. The second-order valence-electron chi connectivity index (χ2n) is 7.38. The maximum absolute atomic E-state index is 12.8. The Morgan fingerprint density at radius 3 is 2.91 bits per heavy atom. The zero-order valence-corrected chi connectivity index (χ0v) is 18.8. The number of aromatic nitrogens is 5. The number of carbonyl (C=O) groups is 1. The Hall–Kier alpha value is -3.49. The Morgan fingerprint density at radius 2 is 2.12 bits per heavy atom. The van der Waals surface area contributed by atoms with E-state index >= 15 is 0 Å². The number of nitrogens with zero attached hydrogens (tertiary/aromatic N) is 5. The largest absolute Gasteiger partial charge is 0.324 e. The molecule has 0 unspecified atom stereocenters. The average molecular weight is 463 g/mol. The van der Waals surface area contributed by atoms with E-state index in [9.17, 15) is 4.79 Å². The molecule has 1 amide bonds. The fourth-order valence-corrected chi connectivity index (χ4v) is 4.64. The van der Waals surface area contributed by atoms with Gasteiger partial charge >= 0.3 is 0 Å². The molecule has 32 heavy (non-hydrogen) atoms. The van der Waals surface area contributed by atoms with Crippen LogP contribution < -0.4 is 5.32 Å². The van der Waals surface area contributed by atoms with Crippen LogP contribution in [0.3, 0.4) is 0 Å². The molecule has 0 radical (unpaired) electrons. The quantitative estimate of drug-likeness (QED) is 0.385. The summed E-state index contributed by atoms with van der Waals surface area (Å²) in [5.41, 5.74) is 4.36. The number of nitrogens with one attached hydrogen (secondary N) is 1. The maximum Gasteiger partial charge on any atom is 0.246 e. The van der Waals surface area contributed by atoms with Crippen molar-refractivity contribution in [2.75, 3.05) is 5.32 Å². The second-order valence-corrected chi connectivity index (χ2v) is 8.77. The minimum absolute atomic E-state index is 0.0736. The third kappa shape index (κ3) is 4.15. The van der Waals surface area contributed by atoms with Crippen LogP contribution >= 0.6 is 22.9 Å². The van der Waals surface area contributed by atoms with Crippen molar-refractivity contribution < 1.29 is 4.79 Å². The number of carbonyl (C=O) groups excluding carboxylic acids is 1. The van der Waals surface area contributed by atoms with Crippen molar-refractivity contribution in [3.8, 4) is 10.4 Å². The van der Waals surface area contributed by atoms with Gasteiger partial charge in [-0.2, -0.15) is 10.2 Å². The number of fused-ring (bicyclic) bond motifs is 1. The van der Waals surface area contributed by atoms with E-state index < -0.39 is 0 Å². The summed E-state index contributed by atoms with van der Waals surface area (Å²) in [6.07, 6.45) is 5.12. The van der Waals surface area contributed by atoms with Gasteiger partial charge in [-0.3, -0.25) is 9.48 Å². The molecule has 0 atom stereocenters. The van der Waals surface area contributed by atoms with Crippen molar-refractivity contribution in [1.29, 1.82) is 0 Å². The molecule has 0 aliphatic heterocycles. The van der Waals surface area contributed by atoms with E-state index in [-0.39, 0.29) is 12.5 Å². The van der Waals surface area contributed by atoms with Crippen molar-refractivity contribution >= 4 is 45.6 Å². The van der Waals surface area contributed by atoms with E-state index in [0.717, 1.165) is 27.1 Å². The molecule has 0 aliphatic carbocycles. The Kier molecular flexibility index (Phi) is 5.46. The van der Waals surface area contributed by atoms with Gasteiger partial charge in [-0.05, 0) is 42.1 Å². The van der Waals surface area contributed by atoms with Gasteiger partial charge in [0.15, 0.2) is 5.65 Å². The molecule has 1 N–H and O–H groups in total. The number of hydrogen-bond donors (Lipinski definition) is 1. The molecule has 5 aromatic rings. The van der Waals surface area contributed by atoms with Crippen LogP contribution in [0.2, 0.25) is 5.02 Å². The molecule has 7 nitrogen and oxygen atoms in total. The third-order valence-corrected chi connectivity index (χ3v) is 6.14. The molecule has 0 bridgehead atoms. The molecule has 0 spiro atoms. The van der Waals surface area contributed by atoms with Gasteiger partial charge < -0.3 is 5.32 Å². The first-order valence-electron chi connectivity index (χ1n) is 9.99. The molecule has 9 heteroatoms. The Labute approximate surface area is 193 Å². The minimum atomic E-state index is -0.169. The van der Waals surface area contributed by atoms with E-state index in [4.69, 9.17) is 11.6 Å². The molecule has 1 aromatic carbocycles. The van der Waals surface area contributed by atoms with Gasteiger partial charge in [-0.25, -0.2) is 9.67 Å². The monoisotopic (exact) mass is 462 g/mol. The van der Waals surface area contributed by atoms with Crippen LogP contribution in [-0.4, -0.2) is 30.5 Å². The van der Waals surface area contributed by atoms with Crippen LogP contribution in [0.25, 0.3) is 21.5 Å². The van der Waals surface area contributed by atoms with Gasteiger partial charge in [-0.15, -0.1) is 11.3 Å². The first-order valence-corrected chi connectivity index (χ1v) is 11.3. The summed E-state index contributed by atoms with van der Waals surface area (Å²) in [5.74, 6) is -0.169. The number of aryl methyl sites for hydroxylation is 1. The maximum atomic E-state index is 12.8. The van der Waals surface area contributed by atoms with E-state index in [2.05, 4.69) is 26.6 Å². The fraction of sp³-hybridized carbons (Fsp3) is 0.130. The van der Waals surface area contributed by atoms with Gasteiger partial charge in [-0.1, -0.05) is 29.8 Å². The molecule has 0 aliphatic rings. The van der Waals surface area contributed by atoms with Gasteiger partial charge in [0.05, 0.1) is 28.8 Å². The topological polar surface area (TPSA) is 77.6 Å². The Morgan fingerprint density at radius 1 is 1.22 bits per heavy atom. The number of halogens is 1. The summed E-state index contributed by atoms with van der Waals surface area (Å²) in [5, 5.41) is 15.4. The van der Waals surface area contributed by atoms with Crippen LogP contribution in [0.5, 0.6) is 0 Å². The predicted octanol–water partition coefficient (Wildman–Crippen LogP) is 5.01. The number of thiophene rings is 1. The van der Waals surface area contributed by atoms with Gasteiger partial charge in [0.1, 0.15) is 6.54 Å². The normalized spacial score (nSPS) is 11.2. The summed E-state index contributed by atoms with van der Waals surface area (Å²) >= 11 is 7.60. The van der Waals surface area contributed by atoms with Gasteiger partial charge in [0, 0.05) is 28.5 Å². The number of benzene rings is 1. The lowest BCUT2D eigenvalue weighted by atomic mass is 10.1. The molecule has 0 fully saturated rings. The van der Waals surface area contributed by atoms with Crippen LogP contribution in [-0.2, 0) is 17.9 Å². The lowest BCUT2D eigenvalue weighted by molar-refractivity contribution is -0.116. The molecule has 5 rings (SSSR count). The van der Waals surface area contributed by atoms with Crippen molar-refractivity contribution in [3.05, 3.63) is 82.7 Å². The van der Waals surface area contributed by atoms with Crippen LogP contribution in [0.15, 0.2) is 66.4 Å². The van der Waals surface area contributed by atoms with E-state index in [1.807, 2.05) is 48.7 Å². The van der Waals surface area contributed by atoms with Crippen molar-refractivity contribution in [2.45, 2.75) is 20.0 Å². The van der Waals surface area contributed by atoms with Crippen molar-refractivity contribution in [1.82, 2.24) is 24.5 Å². The highest BCUT2D eigenvalue weighted by Crippen LogP contribution is 2.32. The lowest BCUT2D eigenvalue weighted by Crippen LogP contribution is -2.20. The molecule has 4 aromatic heterocycles. The number of hydrogen-bond acceptors (Lipinski definition) is 5. The standard InChI is InChI=1S/C23H19ClN6OS/c1-15-22-19(20-6-3-9-32-20)7-8-25-23(22)30(28-15)14-21(31)27-18-5-2-4-16(10-18)12-29-13-17(24)11-26-29/h2-11,13H,12,14H2,1H3,(H,27,31). The number of rotatable bonds is 6. The van der Waals surface area contributed by atoms with Crippen LogP contribution in [0, 0.1) is 6.92 Å². The zero-order valence-electron chi connectivity index (χ0n) is 17.2. The minimum Gasteiger partial charge on any atom is -0.324 e. The van der Waals surface area contributed by atoms with Gasteiger partial charge in [0.2, 0.25) is 5.91 Å². The zero-order chi connectivity index (χ0) is 22.1. The van der Waals surface area contributed by atoms with E-state index in [0.29, 0.717) is 22.9 Å². The molecular formula is C23H19ClN6OS. The van der Waals surface area contributed by atoms with Crippen LogP contribution in [0.1, 0.15) is 11.3 Å². The first kappa shape index (κ1) is 20.4. The Bertz CT molecular complexity index is 1410. The highest BCUT2D eigenvalue weighted by Gasteiger charge is 2.16. The summed E-state index contributed by atoms with van der Waals surface area (Å²) in [4.78, 5) is 18.4. The van der Waals surface area contributed by atoms with Crippen molar-refractivity contribution in [2.24, 2.45) is 0 Å². The SMILES string of the molecule is Cc1nn(CC(=O)Nc2cccc(Cn3cc(Cl)cn3)c2)c2nccc(-c3cccs3)c12. The molecule has 0 saturated carbocycles. The predicted molar refractivity (Wildman–Crippen MR) is 127 cm³/mol. The summed E-state index contributed by atoms with van der Waals surface area (Å²) < 4.78 is 3.41. The first-order chi connectivity index (χ1) is 15.6. The summed E-state index contributed by atoms with van der Waals surface area (Å²) in [6.45, 7) is 2.58. The number of pyridine rings is 1. The smallest absolute Gasteiger partial charge is 0.246 e. The average Bonchev–Trinajstić information content (AvgIpc) is 3.50. The highest BCUT2D eigenvalue weighted by molar-refractivity contribution is 7.13. The highest BCUT2D eigenvalue weighted by atomic mass is 35.5. The molecule has 0 saturated heterocycles.